The maximum atomic E-state index is 11.7. The maximum absolute atomic E-state index is 11.7. The third-order valence-electron chi connectivity index (χ3n) is 6.16. The van der Waals surface area contributed by atoms with Crippen molar-refractivity contribution in [3.05, 3.63) is 36.5 Å². The van der Waals surface area contributed by atoms with Gasteiger partial charge in [0.15, 0.2) is 0 Å². The summed E-state index contributed by atoms with van der Waals surface area (Å²) in [7, 11) is 0. The lowest BCUT2D eigenvalue weighted by atomic mass is 9.78. The van der Waals surface area contributed by atoms with Gasteiger partial charge in [0.2, 0.25) is 0 Å². The van der Waals surface area contributed by atoms with Crippen molar-refractivity contribution in [2.24, 2.45) is 11.8 Å². The molecular formula is C28H44O6. The predicted octanol–water partition coefficient (Wildman–Crippen LogP) is 6.55. The zero-order valence-electron chi connectivity index (χ0n) is 21.2. The summed E-state index contributed by atoms with van der Waals surface area (Å²) in [6.07, 6.45) is 22.4. The van der Waals surface area contributed by atoms with Gasteiger partial charge in [0, 0.05) is 26.2 Å². The second-order valence-corrected chi connectivity index (χ2v) is 9.18. The molecule has 0 aliphatic heterocycles. The summed E-state index contributed by atoms with van der Waals surface area (Å²) in [6.45, 7) is 5.04. The average Bonchev–Trinajstić information content (AvgIpc) is 2.77. The maximum Gasteiger partial charge on any atom is 0.303 e. The molecule has 6 heteroatoms. The number of rotatable bonds is 17. The van der Waals surface area contributed by atoms with E-state index in [-0.39, 0.29) is 42.4 Å². The summed E-state index contributed by atoms with van der Waals surface area (Å²) in [4.78, 5) is 34.0. The van der Waals surface area contributed by atoms with Crippen LogP contribution in [0.3, 0.4) is 0 Å². The monoisotopic (exact) mass is 476 g/mol. The van der Waals surface area contributed by atoms with E-state index in [1.807, 2.05) is 18.2 Å². The quantitative estimate of drug-likeness (QED) is 0.111. The number of ether oxygens (including phenoxy) is 2. The first-order valence-corrected chi connectivity index (χ1v) is 12.9. The first-order chi connectivity index (χ1) is 16.3. The van der Waals surface area contributed by atoms with Crippen molar-refractivity contribution in [3.8, 4) is 0 Å². The number of carboxylic acid groups (broad SMARTS) is 1. The Morgan fingerprint density at radius 2 is 1.59 bits per heavy atom. The molecule has 0 aromatic rings. The lowest BCUT2D eigenvalue weighted by molar-refractivity contribution is -0.150. The van der Waals surface area contributed by atoms with Crippen molar-refractivity contribution in [2.75, 3.05) is 0 Å². The van der Waals surface area contributed by atoms with Crippen molar-refractivity contribution in [2.45, 2.75) is 110 Å². The Kier molecular flexibility index (Phi) is 15.7. The Balaban J connectivity index is 2.70. The van der Waals surface area contributed by atoms with Crippen LogP contribution in [0.4, 0.5) is 0 Å². The average molecular weight is 477 g/mol. The van der Waals surface area contributed by atoms with Gasteiger partial charge in [0.1, 0.15) is 12.2 Å². The van der Waals surface area contributed by atoms with E-state index in [1.165, 1.54) is 39.5 Å². The minimum absolute atomic E-state index is 0.0692. The van der Waals surface area contributed by atoms with Crippen LogP contribution in [-0.2, 0) is 23.9 Å². The molecule has 0 aromatic carbocycles. The molecule has 2 unspecified atom stereocenters. The summed E-state index contributed by atoms with van der Waals surface area (Å²) in [6, 6.07) is 0. The molecule has 0 saturated carbocycles. The molecule has 0 spiro atoms. The van der Waals surface area contributed by atoms with E-state index in [2.05, 4.69) is 25.2 Å². The van der Waals surface area contributed by atoms with E-state index < -0.39 is 5.97 Å². The fraction of sp³-hybridized carbons (Fsp3) is 0.679. The van der Waals surface area contributed by atoms with Gasteiger partial charge in [-0.25, -0.2) is 0 Å². The van der Waals surface area contributed by atoms with Gasteiger partial charge in [-0.3, -0.25) is 14.4 Å². The highest BCUT2D eigenvalue weighted by Crippen LogP contribution is 2.33. The number of carbonyl (C=O) groups is 3. The van der Waals surface area contributed by atoms with Crippen LogP contribution < -0.4 is 0 Å². The first kappa shape index (κ1) is 29.7. The van der Waals surface area contributed by atoms with E-state index in [1.54, 1.807) is 0 Å². The lowest BCUT2D eigenvalue weighted by Crippen LogP contribution is -2.32. The summed E-state index contributed by atoms with van der Waals surface area (Å²) < 4.78 is 11.1. The fourth-order valence-corrected chi connectivity index (χ4v) is 4.46. The lowest BCUT2D eigenvalue weighted by Gasteiger charge is -2.33. The van der Waals surface area contributed by atoms with Crippen molar-refractivity contribution in [1.82, 2.24) is 0 Å². The summed E-state index contributed by atoms with van der Waals surface area (Å²) in [5.74, 6) is -1.15. The van der Waals surface area contributed by atoms with Crippen LogP contribution in [0, 0.1) is 11.8 Å². The van der Waals surface area contributed by atoms with E-state index in [9.17, 15) is 14.4 Å². The smallest absolute Gasteiger partial charge is 0.303 e. The number of carbonyl (C=O) groups excluding carboxylic acids is 2. The van der Waals surface area contributed by atoms with Crippen LogP contribution in [0.15, 0.2) is 36.5 Å². The molecule has 6 nitrogen and oxygen atoms in total. The van der Waals surface area contributed by atoms with E-state index >= 15 is 0 Å². The third-order valence-corrected chi connectivity index (χ3v) is 6.16. The van der Waals surface area contributed by atoms with Crippen molar-refractivity contribution in [3.63, 3.8) is 0 Å². The van der Waals surface area contributed by atoms with Crippen LogP contribution in [0.2, 0.25) is 0 Å². The largest absolute Gasteiger partial charge is 0.481 e. The minimum atomic E-state index is -0.838. The van der Waals surface area contributed by atoms with Crippen LogP contribution in [-0.4, -0.2) is 35.2 Å². The topological polar surface area (TPSA) is 89.9 Å². The molecule has 192 valence electrons. The zero-order valence-corrected chi connectivity index (χ0v) is 21.2. The van der Waals surface area contributed by atoms with Crippen LogP contribution in [0.5, 0.6) is 0 Å². The van der Waals surface area contributed by atoms with Gasteiger partial charge in [-0.05, 0) is 50.5 Å². The Hall–Kier alpha value is -2.37. The molecule has 34 heavy (non-hydrogen) atoms. The van der Waals surface area contributed by atoms with E-state index in [0.29, 0.717) is 12.8 Å². The molecule has 0 bridgehead atoms. The highest BCUT2D eigenvalue weighted by atomic mass is 16.5. The normalized spacial score (nSPS) is 19.9. The Morgan fingerprint density at radius 3 is 2.26 bits per heavy atom. The molecular weight excluding hydrogens is 432 g/mol. The number of esters is 2. The van der Waals surface area contributed by atoms with Crippen LogP contribution >= 0.6 is 0 Å². The Labute approximate surface area is 205 Å². The van der Waals surface area contributed by atoms with Gasteiger partial charge in [-0.15, -0.1) is 0 Å². The number of hydrogen-bond acceptors (Lipinski definition) is 5. The third kappa shape index (κ3) is 14.0. The minimum Gasteiger partial charge on any atom is -0.481 e. The van der Waals surface area contributed by atoms with Gasteiger partial charge in [-0.1, -0.05) is 69.4 Å². The summed E-state index contributed by atoms with van der Waals surface area (Å²) in [5.41, 5.74) is 0. The van der Waals surface area contributed by atoms with Crippen molar-refractivity contribution < 1.29 is 29.0 Å². The summed E-state index contributed by atoms with van der Waals surface area (Å²) in [5, 5.41) is 8.95. The van der Waals surface area contributed by atoms with Gasteiger partial charge in [0.25, 0.3) is 0 Å². The molecule has 1 N–H and O–H groups in total. The SMILES string of the molecule is CCCCCCCCC(C=CC=C[C@H]1CC=CC[C@H]1C(CCCC(=O)O)OC(C)=O)OC(C)=O. The van der Waals surface area contributed by atoms with Crippen molar-refractivity contribution >= 4 is 17.9 Å². The molecule has 4 atom stereocenters. The second kappa shape index (κ2) is 18.0. The van der Waals surface area contributed by atoms with E-state index in [0.717, 1.165) is 32.1 Å². The Bertz CT molecular complexity index is 693. The highest BCUT2D eigenvalue weighted by Gasteiger charge is 2.30. The van der Waals surface area contributed by atoms with Crippen LogP contribution in [0.25, 0.3) is 0 Å². The zero-order chi connectivity index (χ0) is 25.2. The Morgan fingerprint density at radius 1 is 0.912 bits per heavy atom. The molecule has 0 saturated heterocycles. The number of allylic oxidation sites excluding steroid dienone is 5. The van der Waals surface area contributed by atoms with Gasteiger partial charge >= 0.3 is 17.9 Å². The fourth-order valence-electron chi connectivity index (χ4n) is 4.46. The van der Waals surface area contributed by atoms with Crippen molar-refractivity contribution in [1.29, 1.82) is 0 Å². The molecule has 0 radical (unpaired) electrons. The summed E-state index contributed by atoms with van der Waals surface area (Å²) >= 11 is 0. The second-order valence-electron chi connectivity index (χ2n) is 9.18. The number of hydrogen-bond donors (Lipinski definition) is 1. The predicted molar refractivity (Wildman–Crippen MR) is 134 cm³/mol. The molecule has 0 aromatic heterocycles. The molecule has 0 fully saturated rings. The molecule has 1 rings (SSSR count). The van der Waals surface area contributed by atoms with Gasteiger partial charge in [-0.2, -0.15) is 0 Å². The molecule has 0 amide bonds. The molecule has 1 aliphatic rings. The van der Waals surface area contributed by atoms with Gasteiger partial charge < -0.3 is 14.6 Å². The highest BCUT2D eigenvalue weighted by molar-refractivity contribution is 5.67. The molecule has 0 heterocycles. The van der Waals surface area contributed by atoms with Crippen LogP contribution in [0.1, 0.15) is 97.8 Å². The molecule has 1 aliphatic carbocycles. The van der Waals surface area contributed by atoms with Gasteiger partial charge in [0.05, 0.1) is 0 Å². The number of carboxylic acids is 1. The first-order valence-electron chi connectivity index (χ1n) is 12.9. The number of aliphatic carboxylic acids is 1. The standard InChI is InChI=1S/C28H44O6/c1-4-5-6-7-8-9-17-25(33-22(2)29)18-12-10-15-24-16-11-13-19-26(24)27(34-23(3)30)20-14-21-28(31)32/h10-13,15,18,24-27H,4-9,14,16-17,19-21H2,1-3H3,(H,31,32)/t24-,25?,26+,27?/m0/s1. The van der Waals surface area contributed by atoms with E-state index in [4.69, 9.17) is 14.6 Å². The number of unbranched alkanes of at least 4 members (excludes halogenated alkanes) is 5.